The fourth-order valence-electron chi connectivity index (χ4n) is 4.74. The Labute approximate surface area is 354 Å². The van der Waals surface area contributed by atoms with Crippen LogP contribution in [0, 0.1) is 17.8 Å². The van der Waals surface area contributed by atoms with Gasteiger partial charge in [0, 0.05) is 31.2 Å². The Hall–Kier alpha value is -4.14. The van der Waals surface area contributed by atoms with Crippen LogP contribution in [0.2, 0.25) is 0 Å². The van der Waals surface area contributed by atoms with Crippen molar-refractivity contribution in [3.05, 3.63) is 0 Å². The van der Waals surface area contributed by atoms with Crippen LogP contribution in [0.15, 0.2) is 0 Å². The Morgan fingerprint density at radius 2 is 0.814 bits per heavy atom. The summed E-state index contributed by atoms with van der Waals surface area (Å²) in [5.41, 5.74) is 5.17. The molecular formula is C38H72ClN5O15. The number of alkyl carbamates (subject to hydrolysis) is 2. The van der Waals surface area contributed by atoms with Crippen LogP contribution in [0.25, 0.3) is 0 Å². The van der Waals surface area contributed by atoms with E-state index in [1.54, 1.807) is 62.3 Å². The minimum Gasteiger partial charge on any atom is -0.469 e. The van der Waals surface area contributed by atoms with Gasteiger partial charge in [-0.1, -0.05) is 0 Å². The van der Waals surface area contributed by atoms with Crippen LogP contribution in [0.3, 0.4) is 0 Å². The second-order valence-corrected chi connectivity index (χ2v) is 17.5. The summed E-state index contributed by atoms with van der Waals surface area (Å²) in [5, 5.41) is 12.4. The summed E-state index contributed by atoms with van der Waals surface area (Å²) in [6, 6.07) is 0.269. The number of hydrogen-bond donors (Lipinski definition) is 6. The van der Waals surface area contributed by atoms with Crippen molar-refractivity contribution < 1.29 is 71.8 Å². The molecule has 0 aromatic carbocycles. The maximum Gasteiger partial charge on any atom is 0.519 e. The second-order valence-electron chi connectivity index (χ2n) is 17.5. The van der Waals surface area contributed by atoms with Gasteiger partial charge in [0.15, 0.2) is 0 Å². The maximum atomic E-state index is 11.4. The third-order valence-electron chi connectivity index (χ3n) is 7.42. The molecule has 20 nitrogen and oxygen atoms in total. The van der Waals surface area contributed by atoms with E-state index in [2.05, 4.69) is 30.3 Å². The Balaban J connectivity index is -0.000000706. The van der Waals surface area contributed by atoms with Gasteiger partial charge in [-0.2, -0.15) is 0 Å². The van der Waals surface area contributed by atoms with Gasteiger partial charge >= 0.3 is 36.4 Å². The van der Waals surface area contributed by atoms with Crippen LogP contribution < -0.4 is 27.6 Å². The van der Waals surface area contributed by atoms with Crippen molar-refractivity contribution >= 4 is 54.8 Å². The molecular weight excluding hydrogens is 802 g/mol. The number of ether oxygens (including phenoxy) is 7. The number of amides is 3. The summed E-state index contributed by atoms with van der Waals surface area (Å²) < 4.78 is 33.1. The lowest BCUT2D eigenvalue weighted by Gasteiger charge is -2.34. The Kier molecular flexibility index (Phi) is 26.9. The number of carbonyl (C=O) groups is 7. The zero-order valence-corrected chi connectivity index (χ0v) is 38.2. The molecule has 0 saturated heterocycles. The van der Waals surface area contributed by atoms with Crippen molar-refractivity contribution in [3.8, 4) is 0 Å². The molecule has 3 aliphatic carbocycles. The number of hydrogen-bond acceptors (Lipinski definition) is 17. The molecule has 0 bridgehead atoms. The molecule has 0 radical (unpaired) electrons. The minimum atomic E-state index is -1.06. The minimum absolute atomic E-state index is 0. The van der Waals surface area contributed by atoms with Gasteiger partial charge in [-0.3, -0.25) is 19.8 Å². The highest BCUT2D eigenvalue weighted by Gasteiger charge is 2.37. The van der Waals surface area contributed by atoms with Crippen LogP contribution in [-0.2, 0) is 47.5 Å². The fraction of sp³-hybridized carbons (Fsp3) is 0.816. The fourth-order valence-corrected chi connectivity index (χ4v) is 4.74. The lowest BCUT2D eigenvalue weighted by molar-refractivity contribution is -0.149. The van der Waals surface area contributed by atoms with E-state index in [0.29, 0.717) is 25.7 Å². The number of esters is 2. The van der Waals surface area contributed by atoms with Gasteiger partial charge in [-0.15, -0.1) is 12.4 Å². The zero-order valence-electron chi connectivity index (χ0n) is 37.4. The average molecular weight is 874 g/mol. The standard InChI is InChI=1S/C11H19NO4.C10H19N3O3.C10H18O5.C6H11NO2.CH4O.ClH/c1-11(2,3)16-10(14)12-8-5-7(6-8)9(13)15-4;1-10(2,3)16-9(15)12-7-4-6(5-7)8(14)13-11;1-9(2,3)14-7(11)13-8(12)15-10(4,5)6;1-9-6(8)4-2-5(7)3-4;1-2;/h7-8H,5-6H2,1-4H3,(H,12,14);6-7H,4-5,11H2,1-3H3,(H,12,15)(H,13,14);1-6H3;4-5H,2-3,7H2,1H3;2H,1H3;1H. The van der Waals surface area contributed by atoms with E-state index >= 15 is 0 Å². The number of hydrazine groups is 1. The molecule has 3 aliphatic rings. The van der Waals surface area contributed by atoms with Crippen molar-refractivity contribution in [3.63, 3.8) is 0 Å². The third kappa shape index (κ3) is 29.7. The highest BCUT2D eigenvalue weighted by molar-refractivity contribution is 5.85. The SMILES string of the molecule is CC(C)(C)OC(=O)NC1CC(C(=O)NN)C1.CC(C)(C)OC(=O)OC(=O)OC(C)(C)C.CO.COC(=O)C1CC(N)C1.COC(=O)C1CC(NC(=O)OC(C)(C)C)C1.Cl. The lowest BCUT2D eigenvalue weighted by Crippen LogP contribution is -2.51. The molecule has 21 heteroatoms. The maximum absolute atomic E-state index is 11.4. The smallest absolute Gasteiger partial charge is 0.469 e. The van der Waals surface area contributed by atoms with Crippen LogP contribution in [0.1, 0.15) is 122 Å². The number of carbonyl (C=O) groups excluding carboxylic acids is 7. The molecule has 0 aromatic heterocycles. The van der Waals surface area contributed by atoms with Crippen molar-refractivity contribution in [2.24, 2.45) is 29.3 Å². The first-order chi connectivity index (χ1) is 26.4. The molecule has 3 amide bonds. The Morgan fingerprint density at radius 1 is 0.525 bits per heavy atom. The molecule has 3 saturated carbocycles. The van der Waals surface area contributed by atoms with Gasteiger partial charge < -0.3 is 54.6 Å². The number of nitrogens with two attached hydrogens (primary N) is 2. The molecule has 0 atom stereocenters. The van der Waals surface area contributed by atoms with E-state index in [1.807, 2.05) is 20.8 Å². The number of aliphatic hydroxyl groups is 1. The molecule has 0 spiro atoms. The topological polar surface area (TPSA) is 292 Å². The highest BCUT2D eigenvalue weighted by Crippen LogP contribution is 2.29. The summed E-state index contributed by atoms with van der Waals surface area (Å²) in [6.45, 7) is 20.9. The van der Waals surface area contributed by atoms with E-state index in [4.69, 9.17) is 35.6 Å². The Bertz CT molecular complexity index is 1240. The van der Waals surface area contributed by atoms with Gasteiger partial charge in [-0.25, -0.2) is 25.0 Å². The van der Waals surface area contributed by atoms with Crippen molar-refractivity contribution in [1.82, 2.24) is 16.1 Å². The van der Waals surface area contributed by atoms with E-state index in [-0.39, 0.29) is 66.1 Å². The van der Waals surface area contributed by atoms with Crippen molar-refractivity contribution in [2.75, 3.05) is 21.3 Å². The van der Waals surface area contributed by atoms with Crippen LogP contribution in [-0.4, -0.2) is 109 Å². The van der Waals surface area contributed by atoms with Gasteiger partial charge in [-0.05, 0) is 122 Å². The van der Waals surface area contributed by atoms with Crippen LogP contribution >= 0.6 is 12.4 Å². The second kappa shape index (κ2) is 26.9. The predicted octanol–water partition coefficient (Wildman–Crippen LogP) is 4.54. The first-order valence-corrected chi connectivity index (χ1v) is 18.9. The van der Waals surface area contributed by atoms with E-state index in [0.717, 1.165) is 20.0 Å². The molecule has 0 heterocycles. The van der Waals surface area contributed by atoms with Crippen molar-refractivity contribution in [1.29, 1.82) is 0 Å². The quantitative estimate of drug-likeness (QED) is 0.0552. The normalized spacial score (nSPS) is 21.3. The summed E-state index contributed by atoms with van der Waals surface area (Å²) in [6.07, 6.45) is 1.10. The molecule has 0 aliphatic heterocycles. The molecule has 3 rings (SSSR count). The largest absolute Gasteiger partial charge is 0.519 e. The molecule has 346 valence electrons. The molecule has 3 fully saturated rings. The molecule has 0 aromatic rings. The molecule has 8 N–H and O–H groups in total. The highest BCUT2D eigenvalue weighted by atomic mass is 35.5. The molecule has 0 unspecified atom stereocenters. The Morgan fingerprint density at radius 3 is 1.07 bits per heavy atom. The number of aliphatic hydroxyl groups excluding tert-OH is 1. The number of nitrogens with one attached hydrogen (secondary N) is 3. The van der Waals surface area contributed by atoms with E-state index in [1.165, 1.54) is 14.2 Å². The van der Waals surface area contributed by atoms with E-state index in [9.17, 15) is 33.6 Å². The van der Waals surface area contributed by atoms with E-state index < -0.39 is 46.9 Å². The first-order valence-electron chi connectivity index (χ1n) is 18.9. The third-order valence-corrected chi connectivity index (χ3v) is 7.42. The first kappa shape index (κ1) is 59.2. The predicted molar refractivity (Wildman–Crippen MR) is 218 cm³/mol. The average Bonchev–Trinajstić information content (AvgIpc) is 2.99. The number of rotatable bonds is 5. The van der Waals surface area contributed by atoms with Crippen LogP contribution in [0.4, 0.5) is 19.2 Å². The van der Waals surface area contributed by atoms with Gasteiger partial charge in [0.2, 0.25) is 5.91 Å². The van der Waals surface area contributed by atoms with Gasteiger partial charge in [0.05, 0.1) is 26.1 Å². The lowest BCUT2D eigenvalue weighted by atomic mass is 9.80. The van der Waals surface area contributed by atoms with Crippen LogP contribution in [0.5, 0.6) is 0 Å². The molecule has 59 heavy (non-hydrogen) atoms. The summed E-state index contributed by atoms with van der Waals surface area (Å²) in [5.74, 6) is 4.42. The summed E-state index contributed by atoms with van der Waals surface area (Å²) >= 11 is 0. The zero-order chi connectivity index (χ0) is 45.8. The van der Waals surface area contributed by atoms with Crippen molar-refractivity contribution in [2.45, 2.75) is 162 Å². The summed E-state index contributed by atoms with van der Waals surface area (Å²) in [4.78, 5) is 77.6. The monoisotopic (exact) mass is 873 g/mol. The number of methoxy groups -OCH3 is 2. The number of halogens is 1. The van der Waals surface area contributed by atoms with Gasteiger partial charge in [0.1, 0.15) is 22.4 Å². The summed E-state index contributed by atoms with van der Waals surface area (Å²) in [7, 11) is 3.78. The van der Waals surface area contributed by atoms with Gasteiger partial charge in [0.25, 0.3) is 0 Å².